The van der Waals surface area contributed by atoms with Crippen LogP contribution >= 0.6 is 0 Å². The molecule has 1 aliphatic heterocycles. The van der Waals surface area contributed by atoms with Crippen molar-refractivity contribution >= 4 is 0 Å². The first kappa shape index (κ1) is 15.5. The zero-order valence-electron chi connectivity index (χ0n) is 13.1. The van der Waals surface area contributed by atoms with E-state index >= 15 is 0 Å². The zero-order chi connectivity index (χ0) is 14.2. The van der Waals surface area contributed by atoms with E-state index in [4.69, 9.17) is 0 Å². The van der Waals surface area contributed by atoms with Crippen molar-refractivity contribution in [1.82, 2.24) is 10.2 Å². The Morgan fingerprint density at radius 2 is 2.10 bits per heavy atom. The van der Waals surface area contributed by atoms with E-state index in [-0.39, 0.29) is 0 Å². The Labute approximate surface area is 124 Å². The summed E-state index contributed by atoms with van der Waals surface area (Å²) in [6, 6.07) is 11.4. The predicted octanol–water partition coefficient (Wildman–Crippen LogP) is 3.33. The molecule has 2 atom stereocenters. The lowest BCUT2D eigenvalue weighted by Gasteiger charge is -2.36. The first-order valence-corrected chi connectivity index (χ1v) is 8.29. The van der Waals surface area contributed by atoms with Crippen LogP contribution in [0.4, 0.5) is 0 Å². The molecule has 1 aliphatic rings. The maximum atomic E-state index is 3.74. The summed E-state index contributed by atoms with van der Waals surface area (Å²) in [6.45, 7) is 9.60. The van der Waals surface area contributed by atoms with Crippen LogP contribution in [0.5, 0.6) is 0 Å². The van der Waals surface area contributed by atoms with Crippen molar-refractivity contribution in [3.63, 3.8) is 0 Å². The van der Waals surface area contributed by atoms with Gasteiger partial charge in [0.15, 0.2) is 0 Å². The fraction of sp³-hybridized carbons (Fsp3) is 0.667. The molecule has 0 bridgehead atoms. The third-order valence-electron chi connectivity index (χ3n) is 4.51. The highest BCUT2D eigenvalue weighted by molar-refractivity contribution is 5.14. The number of hydrogen-bond donors (Lipinski definition) is 1. The van der Waals surface area contributed by atoms with Crippen molar-refractivity contribution in [2.75, 3.05) is 26.2 Å². The molecule has 20 heavy (non-hydrogen) atoms. The second-order valence-electron chi connectivity index (χ2n) is 6.18. The van der Waals surface area contributed by atoms with Gasteiger partial charge in [-0.05, 0) is 63.7 Å². The van der Waals surface area contributed by atoms with E-state index in [1.54, 1.807) is 0 Å². The number of nitrogens with one attached hydrogen (secondary N) is 1. The average molecular weight is 274 g/mol. The van der Waals surface area contributed by atoms with Gasteiger partial charge in [-0.15, -0.1) is 0 Å². The van der Waals surface area contributed by atoms with Crippen molar-refractivity contribution in [1.29, 1.82) is 0 Å². The summed E-state index contributed by atoms with van der Waals surface area (Å²) in [5, 5.41) is 3.74. The van der Waals surface area contributed by atoms with E-state index < -0.39 is 0 Å². The van der Waals surface area contributed by atoms with Gasteiger partial charge in [-0.2, -0.15) is 0 Å². The molecule has 0 aliphatic carbocycles. The Kier molecular flexibility index (Phi) is 6.55. The number of piperidine rings is 1. The largest absolute Gasteiger partial charge is 0.314 e. The fourth-order valence-electron chi connectivity index (χ4n) is 3.27. The van der Waals surface area contributed by atoms with Crippen molar-refractivity contribution in [2.24, 2.45) is 5.92 Å². The van der Waals surface area contributed by atoms with Gasteiger partial charge in [-0.1, -0.05) is 37.3 Å². The summed E-state index contributed by atoms with van der Waals surface area (Å²) in [4.78, 5) is 2.64. The molecule has 2 unspecified atom stereocenters. The zero-order valence-corrected chi connectivity index (χ0v) is 13.1. The van der Waals surface area contributed by atoms with Crippen LogP contribution in [0.2, 0.25) is 0 Å². The highest BCUT2D eigenvalue weighted by Crippen LogP contribution is 2.19. The number of hydrogen-bond acceptors (Lipinski definition) is 2. The van der Waals surface area contributed by atoms with Crippen LogP contribution in [0.15, 0.2) is 30.3 Å². The van der Waals surface area contributed by atoms with Gasteiger partial charge in [0.25, 0.3) is 0 Å². The van der Waals surface area contributed by atoms with Gasteiger partial charge in [-0.25, -0.2) is 0 Å². The highest BCUT2D eigenvalue weighted by atomic mass is 15.1. The van der Waals surface area contributed by atoms with Gasteiger partial charge in [0.1, 0.15) is 0 Å². The van der Waals surface area contributed by atoms with Gasteiger partial charge in [-0.3, -0.25) is 0 Å². The first-order valence-electron chi connectivity index (χ1n) is 8.29. The van der Waals surface area contributed by atoms with E-state index in [0.29, 0.717) is 6.04 Å². The molecule has 1 N–H and O–H groups in total. The minimum atomic E-state index is 0.637. The number of rotatable bonds is 7. The second kappa shape index (κ2) is 8.43. The lowest BCUT2D eigenvalue weighted by molar-refractivity contribution is 0.151. The van der Waals surface area contributed by atoms with Crippen LogP contribution in [0.25, 0.3) is 0 Å². The fourth-order valence-corrected chi connectivity index (χ4v) is 3.27. The summed E-state index contributed by atoms with van der Waals surface area (Å²) in [7, 11) is 0. The summed E-state index contributed by atoms with van der Waals surface area (Å²) in [5.41, 5.74) is 1.43. The Morgan fingerprint density at radius 1 is 1.30 bits per heavy atom. The van der Waals surface area contributed by atoms with Crippen LogP contribution in [-0.4, -0.2) is 37.1 Å². The summed E-state index contributed by atoms with van der Waals surface area (Å²) < 4.78 is 0. The average Bonchev–Trinajstić information content (AvgIpc) is 2.49. The number of nitrogens with zero attached hydrogens (tertiary/aromatic N) is 1. The smallest absolute Gasteiger partial charge is 0.00793 e. The summed E-state index contributed by atoms with van der Waals surface area (Å²) in [5.74, 6) is 0.825. The van der Waals surface area contributed by atoms with Crippen LogP contribution < -0.4 is 5.32 Å². The number of benzene rings is 1. The summed E-state index contributed by atoms with van der Waals surface area (Å²) in [6.07, 6.45) is 5.17. The minimum Gasteiger partial charge on any atom is -0.314 e. The van der Waals surface area contributed by atoms with Crippen LogP contribution in [0.1, 0.15) is 38.7 Å². The Bertz CT molecular complexity index is 361. The number of likely N-dealkylation sites (tertiary alicyclic amines) is 1. The Balaban J connectivity index is 1.70. The molecule has 0 saturated carbocycles. The van der Waals surface area contributed by atoms with Gasteiger partial charge < -0.3 is 10.2 Å². The Morgan fingerprint density at radius 3 is 2.85 bits per heavy atom. The van der Waals surface area contributed by atoms with Gasteiger partial charge in [0.05, 0.1) is 0 Å². The van der Waals surface area contributed by atoms with E-state index in [1.165, 1.54) is 44.5 Å². The summed E-state index contributed by atoms with van der Waals surface area (Å²) >= 11 is 0. The SMILES string of the molecule is CCCN1CCCC(C(C)NCCc2ccccc2)C1. The molecule has 1 aromatic rings. The molecule has 112 valence electrons. The van der Waals surface area contributed by atoms with Crippen molar-refractivity contribution in [3.8, 4) is 0 Å². The Hall–Kier alpha value is -0.860. The van der Waals surface area contributed by atoms with Crippen molar-refractivity contribution in [3.05, 3.63) is 35.9 Å². The van der Waals surface area contributed by atoms with Crippen molar-refractivity contribution < 1.29 is 0 Å². The topological polar surface area (TPSA) is 15.3 Å². The second-order valence-corrected chi connectivity index (χ2v) is 6.18. The molecule has 0 amide bonds. The van der Waals surface area contributed by atoms with Crippen molar-refractivity contribution in [2.45, 2.75) is 45.6 Å². The van der Waals surface area contributed by atoms with Crippen LogP contribution in [0, 0.1) is 5.92 Å². The standard InChI is InChI=1S/C18H30N2/c1-3-13-20-14-7-10-18(15-20)16(2)19-12-11-17-8-5-4-6-9-17/h4-6,8-9,16,18-19H,3,7,10-15H2,1-2H3. The molecular weight excluding hydrogens is 244 g/mol. The molecule has 1 aromatic carbocycles. The lowest BCUT2D eigenvalue weighted by Crippen LogP contribution is -2.45. The molecule has 2 heteroatoms. The molecule has 1 fully saturated rings. The van der Waals surface area contributed by atoms with Gasteiger partial charge >= 0.3 is 0 Å². The third kappa shape index (κ3) is 4.92. The van der Waals surface area contributed by atoms with E-state index in [2.05, 4.69) is 54.4 Å². The first-order chi connectivity index (χ1) is 9.79. The molecule has 0 spiro atoms. The molecular formula is C18H30N2. The third-order valence-corrected chi connectivity index (χ3v) is 4.51. The van der Waals surface area contributed by atoms with Gasteiger partial charge in [0.2, 0.25) is 0 Å². The van der Waals surface area contributed by atoms with E-state index in [9.17, 15) is 0 Å². The molecule has 1 heterocycles. The predicted molar refractivity (Wildman–Crippen MR) is 87.1 cm³/mol. The maximum Gasteiger partial charge on any atom is 0.00793 e. The maximum absolute atomic E-state index is 3.74. The minimum absolute atomic E-state index is 0.637. The molecule has 2 nitrogen and oxygen atoms in total. The van der Waals surface area contributed by atoms with E-state index in [1.807, 2.05) is 0 Å². The highest BCUT2D eigenvalue weighted by Gasteiger charge is 2.23. The monoisotopic (exact) mass is 274 g/mol. The normalized spacial score (nSPS) is 21.8. The van der Waals surface area contributed by atoms with Crippen LogP contribution in [0.3, 0.4) is 0 Å². The van der Waals surface area contributed by atoms with Gasteiger partial charge in [0, 0.05) is 12.6 Å². The van der Waals surface area contributed by atoms with Crippen LogP contribution in [-0.2, 0) is 6.42 Å². The van der Waals surface area contributed by atoms with E-state index in [0.717, 1.165) is 18.9 Å². The molecule has 2 rings (SSSR count). The molecule has 1 saturated heterocycles. The molecule has 0 aromatic heterocycles. The quantitative estimate of drug-likeness (QED) is 0.820. The lowest BCUT2D eigenvalue weighted by atomic mass is 9.91. The molecule has 0 radical (unpaired) electrons.